The molecular weight excluding hydrogens is 313 g/mol. The molecule has 2 N–H and O–H groups in total. The van der Waals surface area contributed by atoms with Gasteiger partial charge in [-0.25, -0.2) is 4.79 Å². The van der Waals surface area contributed by atoms with E-state index in [0.29, 0.717) is 5.56 Å². The molecule has 0 unspecified atom stereocenters. The molecule has 0 heterocycles. The highest BCUT2D eigenvalue weighted by atomic mass is 19.4. The van der Waals surface area contributed by atoms with Crippen molar-refractivity contribution in [1.82, 2.24) is 5.32 Å². The van der Waals surface area contributed by atoms with Crippen LogP contribution < -0.4 is 5.32 Å². The van der Waals surface area contributed by atoms with Gasteiger partial charge in [-0.3, -0.25) is 4.79 Å². The fourth-order valence-corrected chi connectivity index (χ4v) is 1.93. The van der Waals surface area contributed by atoms with Gasteiger partial charge in [0.05, 0.1) is 18.1 Å². The van der Waals surface area contributed by atoms with Gasteiger partial charge in [-0.15, -0.1) is 0 Å². The fourth-order valence-electron chi connectivity index (χ4n) is 1.93. The van der Waals surface area contributed by atoms with Crippen LogP contribution in [0.25, 0.3) is 0 Å². The first-order chi connectivity index (χ1) is 10.6. The summed E-state index contributed by atoms with van der Waals surface area (Å²) in [6, 6.07) is 4.64. The molecule has 0 aliphatic rings. The molecule has 0 bridgehead atoms. The Bertz CT molecular complexity index is 606. The maximum absolute atomic E-state index is 12.4. The summed E-state index contributed by atoms with van der Waals surface area (Å²) in [5.74, 6) is -2.50. The monoisotopic (exact) mass is 328 g/mol. The van der Waals surface area contributed by atoms with E-state index < -0.39 is 35.6 Å². The molecule has 0 aliphatic heterocycles. The first kappa shape index (κ1) is 18.5. The van der Waals surface area contributed by atoms with Crippen molar-refractivity contribution in [2.75, 3.05) is 0 Å². The Kier molecular flexibility index (Phi) is 6.13. The van der Waals surface area contributed by atoms with Gasteiger partial charge >= 0.3 is 12.1 Å². The normalized spacial score (nSPS) is 13.7. The van der Waals surface area contributed by atoms with Crippen LogP contribution in [0.5, 0.6) is 0 Å². The van der Waals surface area contributed by atoms with Crippen molar-refractivity contribution in [3.8, 4) is 6.07 Å². The number of carboxylic acid groups (broad SMARTS) is 1. The van der Waals surface area contributed by atoms with Crippen LogP contribution in [0.4, 0.5) is 13.2 Å². The number of benzene rings is 1. The number of nitrogens with zero attached hydrogens (tertiary/aromatic N) is 1. The summed E-state index contributed by atoms with van der Waals surface area (Å²) >= 11 is 0. The predicted molar refractivity (Wildman–Crippen MR) is 74.1 cm³/mol. The number of nitrogens with one attached hydrogen (secondary N) is 1. The summed E-state index contributed by atoms with van der Waals surface area (Å²) in [7, 11) is 0. The fraction of sp³-hybridized carbons (Fsp3) is 0.400. The lowest BCUT2D eigenvalue weighted by atomic mass is 9.98. The van der Waals surface area contributed by atoms with E-state index in [1.54, 1.807) is 0 Å². The number of nitriles is 1. The average Bonchev–Trinajstić information content (AvgIpc) is 2.44. The lowest BCUT2D eigenvalue weighted by Crippen LogP contribution is -2.45. The first-order valence-corrected chi connectivity index (χ1v) is 6.70. The van der Waals surface area contributed by atoms with Gasteiger partial charge in [0.2, 0.25) is 5.91 Å². The third-order valence-corrected chi connectivity index (χ3v) is 3.21. The van der Waals surface area contributed by atoms with Crippen molar-refractivity contribution >= 4 is 11.9 Å². The molecule has 0 radical (unpaired) electrons. The highest BCUT2D eigenvalue weighted by molar-refractivity contribution is 5.85. The minimum Gasteiger partial charge on any atom is -0.480 e. The Hall–Kier alpha value is -2.56. The molecule has 1 aromatic rings. The molecule has 23 heavy (non-hydrogen) atoms. The van der Waals surface area contributed by atoms with Crippen molar-refractivity contribution < 1.29 is 27.9 Å². The second kappa shape index (κ2) is 7.63. The van der Waals surface area contributed by atoms with E-state index in [9.17, 15) is 22.8 Å². The highest BCUT2D eigenvalue weighted by Crippen LogP contribution is 2.29. The molecule has 0 aliphatic carbocycles. The largest absolute Gasteiger partial charge is 0.480 e. The summed E-state index contributed by atoms with van der Waals surface area (Å²) in [6.07, 6.45) is -4.75. The molecule has 5 nitrogen and oxygen atoms in total. The number of halogens is 3. The van der Waals surface area contributed by atoms with Gasteiger partial charge in [-0.05, 0) is 17.7 Å². The summed E-state index contributed by atoms with van der Waals surface area (Å²) in [4.78, 5) is 22.9. The van der Waals surface area contributed by atoms with E-state index in [-0.39, 0.29) is 12.8 Å². The van der Waals surface area contributed by atoms with Gasteiger partial charge in [-0.2, -0.15) is 18.4 Å². The number of amides is 1. The summed E-state index contributed by atoms with van der Waals surface area (Å²) in [5, 5.41) is 19.9. The predicted octanol–water partition coefficient (Wildman–Crippen LogP) is 2.37. The van der Waals surface area contributed by atoms with Crippen LogP contribution in [0.15, 0.2) is 24.3 Å². The van der Waals surface area contributed by atoms with Crippen LogP contribution in [0.3, 0.4) is 0 Å². The van der Waals surface area contributed by atoms with Crippen LogP contribution in [0, 0.1) is 17.2 Å². The highest BCUT2D eigenvalue weighted by Gasteiger charge is 2.30. The summed E-state index contributed by atoms with van der Waals surface area (Å²) < 4.78 is 37.3. The maximum Gasteiger partial charge on any atom is 0.416 e. The van der Waals surface area contributed by atoms with Crippen LogP contribution in [-0.4, -0.2) is 23.0 Å². The Morgan fingerprint density at radius 3 is 2.30 bits per heavy atom. The number of alkyl halides is 3. The van der Waals surface area contributed by atoms with E-state index in [0.717, 1.165) is 24.3 Å². The molecule has 0 fully saturated rings. The maximum atomic E-state index is 12.4. The van der Waals surface area contributed by atoms with Crippen molar-refractivity contribution in [2.45, 2.75) is 32.0 Å². The zero-order chi connectivity index (χ0) is 17.6. The van der Waals surface area contributed by atoms with Crippen LogP contribution >= 0.6 is 0 Å². The lowest BCUT2D eigenvalue weighted by molar-refractivity contribution is -0.143. The molecule has 0 saturated heterocycles. The van der Waals surface area contributed by atoms with Crippen LogP contribution in [-0.2, 0) is 22.2 Å². The average molecular weight is 328 g/mol. The smallest absolute Gasteiger partial charge is 0.416 e. The van der Waals surface area contributed by atoms with E-state index in [2.05, 4.69) is 5.32 Å². The van der Waals surface area contributed by atoms with Gasteiger partial charge < -0.3 is 10.4 Å². The summed E-state index contributed by atoms with van der Waals surface area (Å²) in [6.45, 7) is 1.51. The number of carbonyl (C=O) groups is 2. The van der Waals surface area contributed by atoms with E-state index >= 15 is 0 Å². The third kappa shape index (κ3) is 5.62. The topological polar surface area (TPSA) is 90.2 Å². The van der Waals surface area contributed by atoms with Gasteiger partial charge in [0.1, 0.15) is 6.04 Å². The van der Waals surface area contributed by atoms with Crippen molar-refractivity contribution in [1.29, 1.82) is 5.26 Å². The number of rotatable bonds is 6. The van der Waals surface area contributed by atoms with Crippen LogP contribution in [0.1, 0.15) is 24.5 Å². The molecule has 1 rings (SSSR count). The first-order valence-electron chi connectivity index (χ1n) is 6.70. The van der Waals surface area contributed by atoms with Crippen molar-refractivity contribution in [3.05, 3.63) is 35.4 Å². The Balaban J connectivity index is 2.72. The third-order valence-electron chi connectivity index (χ3n) is 3.21. The molecule has 0 aromatic heterocycles. The number of carbonyl (C=O) groups excluding carboxylic acids is 1. The Labute approximate surface area is 130 Å². The molecule has 2 atom stereocenters. The number of aliphatic carboxylic acids is 1. The second-order valence-corrected chi connectivity index (χ2v) is 5.09. The van der Waals surface area contributed by atoms with Gasteiger partial charge in [-0.1, -0.05) is 19.1 Å². The minimum atomic E-state index is -4.46. The number of hydrogen-bond donors (Lipinski definition) is 2. The Morgan fingerprint density at radius 1 is 1.30 bits per heavy atom. The molecule has 8 heteroatoms. The molecule has 1 aromatic carbocycles. The van der Waals surface area contributed by atoms with Gasteiger partial charge in [0, 0.05) is 12.3 Å². The van der Waals surface area contributed by atoms with Crippen LogP contribution in [0.2, 0.25) is 0 Å². The second-order valence-electron chi connectivity index (χ2n) is 5.09. The molecular formula is C15H15F3N2O3. The zero-order valence-corrected chi connectivity index (χ0v) is 12.2. The van der Waals surface area contributed by atoms with Gasteiger partial charge in [0.15, 0.2) is 0 Å². The summed E-state index contributed by atoms with van der Waals surface area (Å²) in [5.41, 5.74) is -0.500. The number of hydrogen-bond acceptors (Lipinski definition) is 3. The molecule has 0 spiro atoms. The number of carboxylic acids is 1. The van der Waals surface area contributed by atoms with Crippen molar-refractivity contribution in [3.63, 3.8) is 0 Å². The quantitative estimate of drug-likeness (QED) is 0.839. The minimum absolute atomic E-state index is 0.0441. The van der Waals surface area contributed by atoms with E-state index in [1.807, 2.05) is 6.07 Å². The van der Waals surface area contributed by atoms with Crippen molar-refractivity contribution in [2.24, 2.45) is 5.92 Å². The Morgan fingerprint density at radius 2 is 1.87 bits per heavy atom. The van der Waals surface area contributed by atoms with E-state index in [1.165, 1.54) is 6.92 Å². The van der Waals surface area contributed by atoms with E-state index in [4.69, 9.17) is 10.4 Å². The lowest BCUT2D eigenvalue weighted by Gasteiger charge is -2.19. The molecule has 0 saturated carbocycles. The zero-order valence-electron chi connectivity index (χ0n) is 12.2. The van der Waals surface area contributed by atoms with Gasteiger partial charge in [0.25, 0.3) is 0 Å². The standard InChI is InChI=1S/C15H15F3N2O3/c1-9(6-7-19)13(14(22)23)20-12(21)8-10-2-4-11(5-3-10)15(16,17)18/h2-5,9,13H,6,8H2,1H3,(H,20,21)(H,22,23)/t9-,13-/m0/s1. The SMILES string of the molecule is C[C@@H](CC#N)[C@H](NC(=O)Cc1ccc(C(F)(F)F)cc1)C(=O)O. The molecule has 1 amide bonds. The molecule has 124 valence electrons.